The molecule has 0 bridgehead atoms. The zero-order valence-corrected chi connectivity index (χ0v) is 12.4. The molecule has 0 saturated carbocycles. The number of benzene rings is 1. The van der Waals surface area contributed by atoms with Crippen molar-refractivity contribution < 1.29 is 8.78 Å². The predicted octanol–water partition coefficient (Wildman–Crippen LogP) is 4.78. The highest BCUT2D eigenvalue weighted by Crippen LogP contribution is 2.29. The molecule has 0 radical (unpaired) electrons. The van der Waals surface area contributed by atoms with Crippen LogP contribution >= 0.6 is 23.2 Å². The SMILES string of the molecule is CC(C)c1c(Cl)nc(Cc2cc(F)cc(F)c2)nc1Cl. The number of halogens is 4. The molecule has 0 amide bonds. The molecule has 106 valence electrons. The summed E-state index contributed by atoms with van der Waals surface area (Å²) in [5.41, 5.74) is 1.09. The van der Waals surface area contributed by atoms with Crippen molar-refractivity contribution in [3.63, 3.8) is 0 Å². The maximum absolute atomic E-state index is 13.1. The van der Waals surface area contributed by atoms with Gasteiger partial charge in [-0.1, -0.05) is 37.0 Å². The molecule has 0 aliphatic rings. The standard InChI is InChI=1S/C14H12Cl2F2N2/c1-7(2)12-13(15)19-11(20-14(12)16)5-8-3-9(17)6-10(18)4-8/h3-4,6-7H,5H2,1-2H3. The molecule has 20 heavy (non-hydrogen) atoms. The van der Waals surface area contributed by atoms with Crippen molar-refractivity contribution in [3.8, 4) is 0 Å². The van der Waals surface area contributed by atoms with Gasteiger partial charge in [0.1, 0.15) is 27.8 Å². The Balaban J connectivity index is 2.35. The van der Waals surface area contributed by atoms with Crippen molar-refractivity contribution in [2.75, 3.05) is 0 Å². The molecule has 0 spiro atoms. The molecular weight excluding hydrogens is 305 g/mol. The van der Waals surface area contributed by atoms with Crippen molar-refractivity contribution >= 4 is 23.2 Å². The highest BCUT2D eigenvalue weighted by atomic mass is 35.5. The number of hydrogen-bond acceptors (Lipinski definition) is 2. The Morgan fingerprint density at radius 1 is 1.00 bits per heavy atom. The van der Waals surface area contributed by atoms with E-state index in [1.165, 1.54) is 12.1 Å². The molecule has 0 N–H and O–H groups in total. The van der Waals surface area contributed by atoms with Gasteiger partial charge >= 0.3 is 0 Å². The Bertz CT molecular complexity index is 602. The van der Waals surface area contributed by atoms with Gasteiger partial charge in [0.2, 0.25) is 0 Å². The first kappa shape index (κ1) is 15.1. The summed E-state index contributed by atoms with van der Waals surface area (Å²) in [5.74, 6) is -0.864. The first-order chi connectivity index (χ1) is 9.36. The number of rotatable bonds is 3. The van der Waals surface area contributed by atoms with Crippen LogP contribution in [-0.2, 0) is 6.42 Å². The summed E-state index contributed by atoms with van der Waals surface area (Å²) in [5, 5.41) is 0.541. The van der Waals surface area contributed by atoms with Crippen molar-refractivity contribution in [3.05, 3.63) is 57.1 Å². The summed E-state index contributed by atoms with van der Waals surface area (Å²) in [7, 11) is 0. The van der Waals surface area contributed by atoms with Crippen LogP contribution in [0.1, 0.15) is 36.7 Å². The average molecular weight is 317 g/mol. The third-order valence-electron chi connectivity index (χ3n) is 2.76. The fourth-order valence-corrected chi connectivity index (χ4v) is 2.77. The van der Waals surface area contributed by atoms with Gasteiger partial charge in [0.25, 0.3) is 0 Å². The fourth-order valence-electron chi connectivity index (χ4n) is 1.91. The Morgan fingerprint density at radius 3 is 1.95 bits per heavy atom. The highest BCUT2D eigenvalue weighted by Gasteiger charge is 2.15. The van der Waals surface area contributed by atoms with E-state index < -0.39 is 11.6 Å². The van der Waals surface area contributed by atoms with Gasteiger partial charge < -0.3 is 0 Å². The van der Waals surface area contributed by atoms with Gasteiger partial charge in [0.15, 0.2) is 0 Å². The molecule has 0 aliphatic carbocycles. The Morgan fingerprint density at radius 2 is 1.50 bits per heavy atom. The molecular formula is C14H12Cl2F2N2. The second-order valence-corrected chi connectivity index (χ2v) is 5.46. The second-order valence-electron chi connectivity index (χ2n) is 4.74. The second kappa shape index (κ2) is 6.02. The van der Waals surface area contributed by atoms with Gasteiger partial charge in [-0.05, 0) is 23.6 Å². The van der Waals surface area contributed by atoms with Gasteiger partial charge in [-0.3, -0.25) is 0 Å². The van der Waals surface area contributed by atoms with E-state index in [2.05, 4.69) is 9.97 Å². The zero-order valence-electron chi connectivity index (χ0n) is 10.9. The van der Waals surface area contributed by atoms with Gasteiger partial charge in [-0.15, -0.1) is 0 Å². The molecule has 2 nitrogen and oxygen atoms in total. The third-order valence-corrected chi connectivity index (χ3v) is 3.34. The summed E-state index contributed by atoms with van der Waals surface area (Å²) in [4.78, 5) is 8.27. The monoisotopic (exact) mass is 316 g/mol. The molecule has 1 heterocycles. The quantitative estimate of drug-likeness (QED) is 0.762. The van der Waals surface area contributed by atoms with Crippen LogP contribution in [0.25, 0.3) is 0 Å². The lowest BCUT2D eigenvalue weighted by Gasteiger charge is -2.11. The van der Waals surface area contributed by atoms with Gasteiger partial charge in [0, 0.05) is 18.1 Å². The first-order valence-corrected chi connectivity index (χ1v) is 6.79. The maximum Gasteiger partial charge on any atom is 0.137 e. The van der Waals surface area contributed by atoms with Crippen LogP contribution in [0.4, 0.5) is 8.78 Å². The summed E-state index contributed by atoms with van der Waals surface area (Å²) in [6.07, 6.45) is 0.159. The fraction of sp³-hybridized carbons (Fsp3) is 0.286. The van der Waals surface area contributed by atoms with E-state index in [1.807, 2.05) is 13.8 Å². The average Bonchev–Trinajstić information content (AvgIpc) is 2.25. The Hall–Kier alpha value is -1.26. The normalized spacial score (nSPS) is 11.2. The van der Waals surface area contributed by atoms with Crippen LogP contribution < -0.4 is 0 Å². The van der Waals surface area contributed by atoms with Crippen LogP contribution in [0.3, 0.4) is 0 Å². The lowest BCUT2D eigenvalue weighted by Crippen LogP contribution is -2.03. The van der Waals surface area contributed by atoms with E-state index in [0.29, 0.717) is 17.0 Å². The highest BCUT2D eigenvalue weighted by molar-refractivity contribution is 6.34. The molecule has 0 atom stereocenters. The molecule has 2 rings (SSSR count). The summed E-state index contributed by atoms with van der Waals surface area (Å²) in [6, 6.07) is 3.27. The molecule has 0 fully saturated rings. The molecule has 6 heteroatoms. The van der Waals surface area contributed by atoms with Crippen molar-refractivity contribution in [2.24, 2.45) is 0 Å². The number of aromatic nitrogens is 2. The minimum absolute atomic E-state index is 0.0932. The molecule has 0 saturated heterocycles. The van der Waals surface area contributed by atoms with E-state index in [-0.39, 0.29) is 22.6 Å². The van der Waals surface area contributed by atoms with Crippen molar-refractivity contribution in [1.29, 1.82) is 0 Å². The Labute approximate surface area is 125 Å². The van der Waals surface area contributed by atoms with Gasteiger partial charge in [-0.2, -0.15) is 0 Å². The van der Waals surface area contributed by atoms with Crippen LogP contribution in [-0.4, -0.2) is 9.97 Å². The summed E-state index contributed by atoms with van der Waals surface area (Å²) < 4.78 is 26.3. The third kappa shape index (κ3) is 3.44. The van der Waals surface area contributed by atoms with E-state index in [9.17, 15) is 8.78 Å². The smallest absolute Gasteiger partial charge is 0.137 e. The minimum Gasteiger partial charge on any atom is -0.220 e. The van der Waals surface area contributed by atoms with E-state index in [1.54, 1.807) is 0 Å². The number of hydrogen-bond donors (Lipinski definition) is 0. The first-order valence-electron chi connectivity index (χ1n) is 6.03. The molecule has 1 aromatic heterocycles. The van der Waals surface area contributed by atoms with E-state index >= 15 is 0 Å². The zero-order chi connectivity index (χ0) is 14.9. The van der Waals surface area contributed by atoms with Crippen LogP contribution in [0, 0.1) is 11.6 Å². The molecule has 2 aromatic rings. The van der Waals surface area contributed by atoms with E-state index in [0.717, 1.165) is 6.07 Å². The molecule has 0 aliphatic heterocycles. The lowest BCUT2D eigenvalue weighted by atomic mass is 10.1. The number of nitrogens with zero attached hydrogens (tertiary/aromatic N) is 2. The Kier molecular flexibility index (Phi) is 4.55. The predicted molar refractivity (Wildman–Crippen MR) is 75.3 cm³/mol. The van der Waals surface area contributed by atoms with Crippen molar-refractivity contribution in [1.82, 2.24) is 9.97 Å². The van der Waals surface area contributed by atoms with Gasteiger partial charge in [-0.25, -0.2) is 18.7 Å². The topological polar surface area (TPSA) is 25.8 Å². The molecule has 0 unspecified atom stereocenters. The van der Waals surface area contributed by atoms with Crippen LogP contribution in [0.2, 0.25) is 10.3 Å². The summed E-state index contributed by atoms with van der Waals surface area (Å²) >= 11 is 12.1. The minimum atomic E-state index is -0.643. The maximum atomic E-state index is 13.1. The lowest BCUT2D eigenvalue weighted by molar-refractivity contribution is 0.580. The largest absolute Gasteiger partial charge is 0.220 e. The molecule has 1 aromatic carbocycles. The van der Waals surface area contributed by atoms with Crippen molar-refractivity contribution in [2.45, 2.75) is 26.2 Å². The van der Waals surface area contributed by atoms with Crippen LogP contribution in [0.5, 0.6) is 0 Å². The van der Waals surface area contributed by atoms with E-state index in [4.69, 9.17) is 23.2 Å². The van der Waals surface area contributed by atoms with Crippen LogP contribution in [0.15, 0.2) is 18.2 Å². The summed E-state index contributed by atoms with van der Waals surface area (Å²) in [6.45, 7) is 3.86. The van der Waals surface area contributed by atoms with Gasteiger partial charge in [0.05, 0.1) is 0 Å².